The summed E-state index contributed by atoms with van der Waals surface area (Å²) in [7, 11) is 0. The van der Waals surface area contributed by atoms with E-state index in [1.54, 1.807) is 6.08 Å². The van der Waals surface area contributed by atoms with E-state index in [1.165, 1.54) is 0 Å². The molecule has 23 heavy (non-hydrogen) atoms. The number of H-pyrrole nitrogens is 1. The first kappa shape index (κ1) is 15.3. The maximum atomic E-state index is 12.3. The van der Waals surface area contributed by atoms with E-state index >= 15 is 0 Å². The molecule has 5 heteroatoms. The van der Waals surface area contributed by atoms with Gasteiger partial charge in [-0.25, -0.2) is 0 Å². The Balaban J connectivity index is 1.59. The van der Waals surface area contributed by atoms with E-state index in [0.717, 1.165) is 16.5 Å². The third-order valence-electron chi connectivity index (χ3n) is 4.44. The van der Waals surface area contributed by atoms with Gasteiger partial charge in [0.05, 0.1) is 0 Å². The maximum Gasteiger partial charge on any atom is 0.224 e. The number of hydrogen-bond donors (Lipinski definition) is 2. The van der Waals surface area contributed by atoms with Crippen molar-refractivity contribution in [2.24, 2.45) is 11.8 Å². The molecule has 3 rings (SSSR count). The van der Waals surface area contributed by atoms with Gasteiger partial charge >= 0.3 is 0 Å². The first-order valence-electron chi connectivity index (χ1n) is 7.85. The van der Waals surface area contributed by atoms with Gasteiger partial charge in [-0.15, -0.1) is 0 Å². The number of carboxylic acid groups (broad SMARTS) is 1. The van der Waals surface area contributed by atoms with Crippen molar-refractivity contribution < 1.29 is 14.7 Å². The van der Waals surface area contributed by atoms with Crippen LogP contribution >= 0.6 is 0 Å². The number of carboxylic acids is 1. The van der Waals surface area contributed by atoms with E-state index in [0.29, 0.717) is 25.8 Å². The number of allylic oxidation sites excluding steroid dienone is 2. The van der Waals surface area contributed by atoms with Gasteiger partial charge in [-0.05, 0) is 30.9 Å². The van der Waals surface area contributed by atoms with Gasteiger partial charge in [0.15, 0.2) is 0 Å². The van der Waals surface area contributed by atoms with Crippen molar-refractivity contribution in [3.05, 3.63) is 48.2 Å². The standard InChI is InChI=1S/C18H20N2O3/c21-17(14-6-1-2-7-15(14)18(22)23)19-10-9-12-11-20-16-8-4-3-5-13(12)16/h1-5,8,11,14-15,20H,6-7,9-10H2,(H,19,21)(H,22,23)/p-1/t14-,15-/m1/s1. The smallest absolute Gasteiger partial charge is 0.224 e. The second-order valence-corrected chi connectivity index (χ2v) is 5.88. The number of nitrogens with one attached hydrogen (secondary N) is 2. The molecule has 0 spiro atoms. The molecule has 1 aliphatic carbocycles. The fraction of sp³-hybridized carbons (Fsp3) is 0.333. The van der Waals surface area contributed by atoms with Crippen molar-refractivity contribution in [2.45, 2.75) is 19.3 Å². The minimum atomic E-state index is -1.15. The normalized spacial score (nSPS) is 20.5. The van der Waals surface area contributed by atoms with Gasteiger partial charge in [0.25, 0.3) is 0 Å². The summed E-state index contributed by atoms with van der Waals surface area (Å²) in [5, 5.41) is 15.2. The predicted octanol–water partition coefficient (Wildman–Crippen LogP) is 1.16. The Morgan fingerprint density at radius 3 is 2.70 bits per heavy atom. The predicted molar refractivity (Wildman–Crippen MR) is 85.4 cm³/mol. The third kappa shape index (κ3) is 3.28. The molecule has 2 atom stereocenters. The lowest BCUT2D eigenvalue weighted by Gasteiger charge is -2.28. The highest BCUT2D eigenvalue weighted by atomic mass is 16.4. The Hall–Kier alpha value is -2.56. The molecule has 0 bridgehead atoms. The minimum absolute atomic E-state index is 0.205. The van der Waals surface area contributed by atoms with Gasteiger partial charge in [-0.1, -0.05) is 30.4 Å². The van der Waals surface area contributed by atoms with Crippen LogP contribution in [0.15, 0.2) is 42.6 Å². The van der Waals surface area contributed by atoms with Gasteiger partial charge in [0.2, 0.25) is 5.91 Å². The summed E-state index contributed by atoms with van der Waals surface area (Å²) in [4.78, 5) is 26.6. The van der Waals surface area contributed by atoms with Crippen molar-refractivity contribution in [3.8, 4) is 0 Å². The highest BCUT2D eigenvalue weighted by molar-refractivity contribution is 5.85. The van der Waals surface area contributed by atoms with E-state index in [-0.39, 0.29) is 5.91 Å². The highest BCUT2D eigenvalue weighted by Gasteiger charge is 2.29. The van der Waals surface area contributed by atoms with Crippen LogP contribution in [0.5, 0.6) is 0 Å². The third-order valence-corrected chi connectivity index (χ3v) is 4.44. The number of para-hydroxylation sites is 1. The van der Waals surface area contributed by atoms with Crippen LogP contribution < -0.4 is 10.4 Å². The Kier molecular flexibility index (Phi) is 4.46. The summed E-state index contributed by atoms with van der Waals surface area (Å²) in [5.41, 5.74) is 2.21. The number of benzene rings is 1. The monoisotopic (exact) mass is 311 g/mol. The van der Waals surface area contributed by atoms with E-state index in [1.807, 2.05) is 36.5 Å². The van der Waals surface area contributed by atoms with Crippen LogP contribution in [-0.4, -0.2) is 23.4 Å². The van der Waals surface area contributed by atoms with Crippen LogP contribution in [0.4, 0.5) is 0 Å². The van der Waals surface area contributed by atoms with Gasteiger partial charge in [0.1, 0.15) is 0 Å². The zero-order chi connectivity index (χ0) is 16.2. The molecule has 0 fully saturated rings. The van der Waals surface area contributed by atoms with E-state index in [4.69, 9.17) is 0 Å². The molecule has 0 saturated carbocycles. The van der Waals surface area contributed by atoms with Crippen molar-refractivity contribution >= 4 is 22.8 Å². The lowest BCUT2D eigenvalue weighted by Crippen LogP contribution is -2.44. The maximum absolute atomic E-state index is 12.3. The molecule has 1 aromatic carbocycles. The van der Waals surface area contributed by atoms with Crippen molar-refractivity contribution in [3.63, 3.8) is 0 Å². The second kappa shape index (κ2) is 6.69. The number of aliphatic carboxylic acids is 1. The Morgan fingerprint density at radius 2 is 1.91 bits per heavy atom. The molecule has 1 aromatic heterocycles. The molecule has 0 radical (unpaired) electrons. The van der Waals surface area contributed by atoms with Crippen LogP contribution in [0.3, 0.4) is 0 Å². The topological polar surface area (TPSA) is 85.0 Å². The summed E-state index contributed by atoms with van der Waals surface area (Å²) in [6.07, 6.45) is 7.14. The van der Waals surface area contributed by atoms with Crippen molar-refractivity contribution in [2.75, 3.05) is 6.54 Å². The van der Waals surface area contributed by atoms with Crippen molar-refractivity contribution in [1.29, 1.82) is 0 Å². The molecule has 1 aliphatic rings. The average molecular weight is 311 g/mol. The summed E-state index contributed by atoms with van der Waals surface area (Å²) >= 11 is 0. The molecule has 0 saturated heterocycles. The fourth-order valence-electron chi connectivity index (χ4n) is 3.15. The fourth-order valence-corrected chi connectivity index (χ4v) is 3.15. The molecular formula is C18H19N2O3-. The molecule has 0 unspecified atom stereocenters. The number of carbonyl (C=O) groups excluding carboxylic acids is 2. The number of amides is 1. The molecule has 5 nitrogen and oxygen atoms in total. The zero-order valence-corrected chi connectivity index (χ0v) is 12.7. The quantitative estimate of drug-likeness (QED) is 0.813. The molecule has 120 valence electrons. The SMILES string of the molecule is O=C([O-])[C@@H]1CC=CC[C@H]1C(=O)NCCc1c[nH]c2ccccc12. The molecule has 2 aromatic rings. The number of fused-ring (bicyclic) bond motifs is 1. The van der Waals surface area contributed by atoms with Gasteiger partial charge in [-0.3, -0.25) is 4.79 Å². The van der Waals surface area contributed by atoms with Gasteiger partial charge in [0, 0.05) is 41.4 Å². The van der Waals surface area contributed by atoms with Crippen LogP contribution in [0, 0.1) is 11.8 Å². The van der Waals surface area contributed by atoms with E-state index in [2.05, 4.69) is 10.3 Å². The van der Waals surface area contributed by atoms with Gasteiger partial charge in [-0.2, -0.15) is 0 Å². The van der Waals surface area contributed by atoms with Crippen LogP contribution in [0.25, 0.3) is 10.9 Å². The lowest BCUT2D eigenvalue weighted by molar-refractivity contribution is -0.313. The second-order valence-electron chi connectivity index (χ2n) is 5.88. The highest BCUT2D eigenvalue weighted by Crippen LogP contribution is 2.25. The number of aromatic amines is 1. The number of aromatic nitrogens is 1. The lowest BCUT2D eigenvalue weighted by atomic mass is 9.82. The largest absolute Gasteiger partial charge is 0.550 e. The van der Waals surface area contributed by atoms with Crippen LogP contribution in [-0.2, 0) is 16.0 Å². The number of rotatable bonds is 5. The Bertz CT molecular complexity index is 748. The first-order chi connectivity index (χ1) is 11.2. The molecule has 1 amide bonds. The van der Waals surface area contributed by atoms with Crippen molar-refractivity contribution in [1.82, 2.24) is 10.3 Å². The van der Waals surface area contributed by atoms with Gasteiger partial charge < -0.3 is 20.2 Å². The van der Waals surface area contributed by atoms with E-state index in [9.17, 15) is 14.7 Å². The Labute approximate surface area is 134 Å². The summed E-state index contributed by atoms with van der Waals surface area (Å²) in [5.74, 6) is -2.62. The minimum Gasteiger partial charge on any atom is -0.550 e. The molecule has 2 N–H and O–H groups in total. The first-order valence-corrected chi connectivity index (χ1v) is 7.85. The zero-order valence-electron chi connectivity index (χ0n) is 12.7. The van der Waals surface area contributed by atoms with Crippen LogP contribution in [0.2, 0.25) is 0 Å². The number of hydrogen-bond acceptors (Lipinski definition) is 3. The summed E-state index contributed by atoms with van der Waals surface area (Å²) < 4.78 is 0. The summed E-state index contributed by atoms with van der Waals surface area (Å²) in [6, 6.07) is 8.01. The summed E-state index contributed by atoms with van der Waals surface area (Å²) in [6.45, 7) is 0.487. The molecule has 0 aliphatic heterocycles. The average Bonchev–Trinajstić information content (AvgIpc) is 2.98. The molecular weight excluding hydrogens is 292 g/mol. The van der Waals surface area contributed by atoms with Crippen LogP contribution in [0.1, 0.15) is 18.4 Å². The molecule has 1 heterocycles. The van der Waals surface area contributed by atoms with E-state index < -0.39 is 17.8 Å². The Morgan fingerprint density at radius 1 is 1.17 bits per heavy atom. The number of carbonyl (C=O) groups is 2.